The second-order valence-electron chi connectivity index (χ2n) is 13.2. The van der Waals surface area contributed by atoms with Crippen LogP contribution < -0.4 is 22.5 Å². The molecule has 0 aliphatic heterocycles. The Morgan fingerprint density at radius 3 is 1.67 bits per heavy atom. The molecule has 0 fully saturated rings. The Hall–Kier alpha value is -5.25. The minimum Gasteiger partial charge on any atom is -0.460 e. The molecule has 1 amide bonds. The minimum atomic E-state index is -0.993. The van der Waals surface area contributed by atoms with Crippen LogP contribution in [0.3, 0.4) is 0 Å². The van der Waals surface area contributed by atoms with Gasteiger partial charge < -0.3 is 4.74 Å². The first-order valence-electron chi connectivity index (χ1n) is 16.1. The van der Waals surface area contributed by atoms with Crippen molar-refractivity contribution in [3.05, 3.63) is 145 Å². The summed E-state index contributed by atoms with van der Waals surface area (Å²) in [4.78, 5) is 69.1. The number of ether oxygens (including phenoxy) is 1. The summed E-state index contributed by atoms with van der Waals surface area (Å²) in [6, 6.07) is 27.3. The Kier molecular flexibility index (Phi) is 11.9. The van der Waals surface area contributed by atoms with Crippen molar-refractivity contribution in [1.29, 1.82) is 0 Å². The highest BCUT2D eigenvalue weighted by molar-refractivity contribution is 5.90. The highest BCUT2D eigenvalue weighted by Gasteiger charge is 2.37. The number of aromatic nitrogens is 3. The summed E-state index contributed by atoms with van der Waals surface area (Å²) in [6.45, 7) is 8.86. The predicted molar refractivity (Wildman–Crippen MR) is 187 cm³/mol. The van der Waals surface area contributed by atoms with E-state index in [1.807, 2.05) is 68.5 Å². The molecule has 0 spiro atoms. The van der Waals surface area contributed by atoms with Crippen LogP contribution >= 0.6 is 0 Å². The maximum atomic E-state index is 14.2. The van der Waals surface area contributed by atoms with Gasteiger partial charge in [0.05, 0.1) is 24.9 Å². The number of allylic oxidation sites excluding steroid dienone is 1. The fourth-order valence-corrected chi connectivity index (χ4v) is 5.40. The number of carbonyl (C=O) groups is 2. The molecule has 10 heteroatoms. The molecule has 0 bridgehead atoms. The number of hydrogen-bond acceptors (Lipinski definition) is 6. The van der Waals surface area contributed by atoms with Crippen LogP contribution in [0.2, 0.25) is 0 Å². The van der Waals surface area contributed by atoms with Crippen LogP contribution in [0, 0.1) is 17.8 Å². The smallest absolute Gasteiger partial charge is 0.356 e. The molecular weight excluding hydrogens is 608 g/mol. The van der Waals surface area contributed by atoms with Gasteiger partial charge in [-0.15, -0.1) is 4.68 Å². The molecule has 0 aliphatic rings. The zero-order valence-corrected chi connectivity index (χ0v) is 28.2. The molecule has 48 heavy (non-hydrogen) atoms. The SMILES string of the molecule is CC(C)C[C@@H](C(=O)Nn1c(=O)n(Cc2ccccc2)c(=O)n(Cc2ccccc2)c1=O)[C@H](CC=Cc1ccccc1)C(=O)OC(C)(C)C. The third-order valence-electron chi connectivity index (χ3n) is 7.65. The second-order valence-corrected chi connectivity index (χ2v) is 13.2. The van der Waals surface area contributed by atoms with E-state index in [1.165, 1.54) is 0 Å². The van der Waals surface area contributed by atoms with Crippen LogP contribution in [0.15, 0.2) is 111 Å². The van der Waals surface area contributed by atoms with E-state index in [0.717, 1.165) is 14.7 Å². The monoisotopic (exact) mass is 652 g/mol. The van der Waals surface area contributed by atoms with Crippen LogP contribution in [0.1, 0.15) is 64.2 Å². The Morgan fingerprint density at radius 2 is 1.21 bits per heavy atom. The van der Waals surface area contributed by atoms with Gasteiger partial charge in [0, 0.05) is 0 Å². The standard InChI is InChI=1S/C38H44N4O6/c1-27(2)24-32(31(34(44)48-38(3,4)5)23-15-22-28-16-9-6-10-17-28)33(43)39-42-36(46)40(25-29-18-11-7-12-19-29)35(45)41(37(42)47)26-30-20-13-8-14-21-30/h6-22,27,31-32H,23-26H2,1-5H3,(H,39,43)/t31-,32+/m0/s1. The highest BCUT2D eigenvalue weighted by Crippen LogP contribution is 2.28. The van der Waals surface area contributed by atoms with Crippen molar-refractivity contribution in [3.63, 3.8) is 0 Å². The van der Waals surface area contributed by atoms with Crippen molar-refractivity contribution in [2.75, 3.05) is 5.43 Å². The van der Waals surface area contributed by atoms with E-state index in [1.54, 1.807) is 69.3 Å². The zero-order chi connectivity index (χ0) is 34.8. The van der Waals surface area contributed by atoms with Gasteiger partial charge in [-0.05, 0) is 56.2 Å². The Bertz CT molecular complexity index is 1810. The zero-order valence-electron chi connectivity index (χ0n) is 28.2. The number of benzene rings is 3. The van der Waals surface area contributed by atoms with Gasteiger partial charge in [-0.25, -0.2) is 23.5 Å². The van der Waals surface area contributed by atoms with E-state index >= 15 is 0 Å². The van der Waals surface area contributed by atoms with E-state index in [9.17, 15) is 24.0 Å². The lowest BCUT2D eigenvalue weighted by Gasteiger charge is -2.29. The Balaban J connectivity index is 1.78. The summed E-state index contributed by atoms with van der Waals surface area (Å²) in [5.74, 6) is -3.19. The molecule has 2 atom stereocenters. The summed E-state index contributed by atoms with van der Waals surface area (Å²) >= 11 is 0. The third-order valence-corrected chi connectivity index (χ3v) is 7.65. The topological polar surface area (TPSA) is 121 Å². The number of esters is 1. The number of hydrogen-bond donors (Lipinski definition) is 1. The van der Waals surface area contributed by atoms with Gasteiger partial charge in [0.2, 0.25) is 5.91 Å². The number of rotatable bonds is 13. The maximum absolute atomic E-state index is 14.2. The lowest BCUT2D eigenvalue weighted by molar-refractivity contribution is -0.163. The van der Waals surface area contributed by atoms with E-state index < -0.39 is 46.4 Å². The molecule has 252 valence electrons. The lowest BCUT2D eigenvalue weighted by atomic mass is 9.82. The van der Waals surface area contributed by atoms with Crippen molar-refractivity contribution in [2.45, 2.75) is 66.2 Å². The fourth-order valence-electron chi connectivity index (χ4n) is 5.40. The first-order valence-corrected chi connectivity index (χ1v) is 16.1. The molecular formula is C38H44N4O6. The maximum Gasteiger partial charge on any atom is 0.356 e. The minimum absolute atomic E-state index is 0.0257. The van der Waals surface area contributed by atoms with Gasteiger partial charge in [-0.1, -0.05) is 117 Å². The lowest BCUT2D eigenvalue weighted by Crippen LogP contribution is -2.58. The van der Waals surface area contributed by atoms with E-state index in [-0.39, 0.29) is 31.8 Å². The number of carbonyl (C=O) groups excluding carboxylic acids is 2. The van der Waals surface area contributed by atoms with Crippen LogP contribution in [0.5, 0.6) is 0 Å². The van der Waals surface area contributed by atoms with E-state index in [4.69, 9.17) is 4.74 Å². The van der Waals surface area contributed by atoms with Crippen molar-refractivity contribution < 1.29 is 14.3 Å². The average molecular weight is 653 g/mol. The molecule has 0 aliphatic carbocycles. The quantitative estimate of drug-likeness (QED) is 0.202. The van der Waals surface area contributed by atoms with Crippen LogP contribution in [-0.2, 0) is 27.4 Å². The molecule has 3 aromatic carbocycles. The van der Waals surface area contributed by atoms with E-state index in [2.05, 4.69) is 5.43 Å². The first-order chi connectivity index (χ1) is 22.8. The van der Waals surface area contributed by atoms with Crippen LogP contribution in [0.4, 0.5) is 0 Å². The number of nitrogens with zero attached hydrogens (tertiary/aromatic N) is 3. The summed E-state index contributed by atoms with van der Waals surface area (Å²) in [6.07, 6.45) is 4.14. The van der Waals surface area contributed by atoms with Gasteiger partial charge in [-0.2, -0.15) is 0 Å². The van der Waals surface area contributed by atoms with Crippen molar-refractivity contribution in [2.24, 2.45) is 17.8 Å². The Morgan fingerprint density at radius 1 is 0.729 bits per heavy atom. The molecule has 4 rings (SSSR count). The molecule has 1 aromatic heterocycles. The summed E-state index contributed by atoms with van der Waals surface area (Å²) in [7, 11) is 0. The average Bonchev–Trinajstić information content (AvgIpc) is 3.05. The number of nitrogens with one attached hydrogen (secondary N) is 1. The number of amides is 1. The van der Waals surface area contributed by atoms with E-state index in [0.29, 0.717) is 15.8 Å². The van der Waals surface area contributed by atoms with Crippen LogP contribution in [0.25, 0.3) is 6.08 Å². The molecule has 0 saturated carbocycles. The van der Waals surface area contributed by atoms with Crippen molar-refractivity contribution >= 4 is 18.0 Å². The Labute approximate surface area is 280 Å². The van der Waals surface area contributed by atoms with Gasteiger partial charge >= 0.3 is 23.0 Å². The third kappa shape index (κ3) is 9.63. The summed E-state index contributed by atoms with van der Waals surface area (Å²) in [5, 5.41) is 0. The summed E-state index contributed by atoms with van der Waals surface area (Å²) in [5.41, 5.74) is 1.15. The molecule has 1 N–H and O–H groups in total. The van der Waals surface area contributed by atoms with Gasteiger partial charge in [0.15, 0.2) is 0 Å². The van der Waals surface area contributed by atoms with Crippen molar-refractivity contribution in [3.8, 4) is 0 Å². The van der Waals surface area contributed by atoms with Gasteiger partial charge in [-0.3, -0.25) is 15.0 Å². The van der Waals surface area contributed by atoms with Gasteiger partial charge in [0.1, 0.15) is 5.60 Å². The van der Waals surface area contributed by atoms with Crippen LogP contribution in [-0.4, -0.2) is 31.3 Å². The highest BCUT2D eigenvalue weighted by atomic mass is 16.6. The molecule has 4 aromatic rings. The normalized spacial score (nSPS) is 13.0. The molecule has 1 heterocycles. The summed E-state index contributed by atoms with van der Waals surface area (Å²) < 4.78 is 8.19. The molecule has 0 saturated heterocycles. The molecule has 10 nitrogen and oxygen atoms in total. The molecule has 0 unspecified atom stereocenters. The second kappa shape index (κ2) is 16.0. The van der Waals surface area contributed by atoms with Gasteiger partial charge in [0.25, 0.3) is 0 Å². The fraction of sp³-hybridized carbons (Fsp3) is 0.342. The largest absolute Gasteiger partial charge is 0.460 e. The molecule has 0 radical (unpaired) electrons. The van der Waals surface area contributed by atoms with Crippen molar-refractivity contribution in [1.82, 2.24) is 13.8 Å². The first kappa shape index (κ1) is 35.6. The predicted octanol–water partition coefficient (Wildman–Crippen LogP) is 5.06.